The molecule has 1 aliphatic heterocycles. The normalized spacial score (nSPS) is 15.1. The molecule has 3 aromatic rings. The molecule has 1 amide bonds. The summed E-state index contributed by atoms with van der Waals surface area (Å²) in [7, 11) is 0. The van der Waals surface area contributed by atoms with Gasteiger partial charge in [-0.05, 0) is 44.7 Å². The monoisotopic (exact) mass is 391 g/mol. The summed E-state index contributed by atoms with van der Waals surface area (Å²) in [6.07, 6.45) is 6.27. The van der Waals surface area contributed by atoms with Gasteiger partial charge in [-0.25, -0.2) is 0 Å². The van der Waals surface area contributed by atoms with Crippen LogP contribution < -0.4 is 10.2 Å². The van der Waals surface area contributed by atoms with Crippen molar-refractivity contribution in [2.75, 3.05) is 23.3 Å². The fourth-order valence-electron chi connectivity index (χ4n) is 4.35. The van der Waals surface area contributed by atoms with E-state index in [2.05, 4.69) is 47.4 Å². The van der Waals surface area contributed by atoms with Crippen LogP contribution in [0.25, 0.3) is 10.9 Å². The first-order chi connectivity index (χ1) is 14.1. The second kappa shape index (κ2) is 8.23. The van der Waals surface area contributed by atoms with Crippen molar-refractivity contribution in [3.63, 3.8) is 0 Å². The van der Waals surface area contributed by atoms with Gasteiger partial charge in [0.2, 0.25) is 5.91 Å². The predicted molar refractivity (Wildman–Crippen MR) is 117 cm³/mol. The molecular formula is C23H29N5O. The van der Waals surface area contributed by atoms with E-state index in [9.17, 15) is 4.79 Å². The summed E-state index contributed by atoms with van der Waals surface area (Å²) < 4.78 is 1.82. The Bertz CT molecular complexity index is 1020. The maximum atomic E-state index is 12.7. The second-order valence-electron chi connectivity index (χ2n) is 7.73. The first-order valence-electron chi connectivity index (χ1n) is 10.6. The first-order valence-corrected chi connectivity index (χ1v) is 10.6. The molecule has 6 heteroatoms. The Kier molecular flexibility index (Phi) is 5.51. The van der Waals surface area contributed by atoms with Crippen LogP contribution in [0.4, 0.5) is 11.4 Å². The van der Waals surface area contributed by atoms with Crippen molar-refractivity contribution >= 4 is 28.2 Å². The van der Waals surface area contributed by atoms with E-state index in [1.807, 2.05) is 23.9 Å². The number of nitrogens with one attached hydrogen (secondary N) is 1. The summed E-state index contributed by atoms with van der Waals surface area (Å²) in [5.41, 5.74) is 5.56. The summed E-state index contributed by atoms with van der Waals surface area (Å²) in [5, 5.41) is 8.47. The highest BCUT2D eigenvalue weighted by Crippen LogP contribution is 2.35. The van der Waals surface area contributed by atoms with Crippen LogP contribution >= 0.6 is 0 Å². The number of aromatic nitrogens is 3. The molecule has 29 heavy (non-hydrogen) atoms. The largest absolute Gasteiger partial charge is 0.371 e. The summed E-state index contributed by atoms with van der Waals surface area (Å²) in [6.45, 7) is 8.89. The molecule has 0 spiro atoms. The number of hydrogen-bond acceptors (Lipinski definition) is 4. The van der Waals surface area contributed by atoms with Crippen LogP contribution in [0.1, 0.15) is 37.9 Å². The molecule has 1 aromatic carbocycles. The molecule has 1 N–H and O–H groups in total. The second-order valence-corrected chi connectivity index (χ2v) is 7.73. The molecular weight excluding hydrogens is 362 g/mol. The topological polar surface area (TPSA) is 63.1 Å². The van der Waals surface area contributed by atoms with Gasteiger partial charge in [-0.15, -0.1) is 0 Å². The molecule has 2 aromatic heterocycles. The van der Waals surface area contributed by atoms with Crippen molar-refractivity contribution in [3.05, 3.63) is 47.9 Å². The molecule has 0 atom stereocenters. The van der Waals surface area contributed by atoms with Gasteiger partial charge >= 0.3 is 0 Å². The van der Waals surface area contributed by atoms with Crippen molar-refractivity contribution in [1.82, 2.24) is 14.8 Å². The average Bonchev–Trinajstić information content (AvgIpc) is 3.20. The molecule has 152 valence electrons. The highest BCUT2D eigenvalue weighted by atomic mass is 16.1. The number of para-hydroxylation sites is 1. The van der Waals surface area contributed by atoms with Gasteiger partial charge in [0.15, 0.2) is 0 Å². The van der Waals surface area contributed by atoms with Crippen molar-refractivity contribution in [3.8, 4) is 0 Å². The quantitative estimate of drug-likeness (QED) is 0.709. The zero-order valence-electron chi connectivity index (χ0n) is 17.5. The van der Waals surface area contributed by atoms with E-state index in [-0.39, 0.29) is 11.8 Å². The smallest absolute Gasteiger partial charge is 0.227 e. The SMILES string of the molecule is CCc1c(C)nc2ccccc2c1N1CCC(C(=O)Nc2cnn(CC)c2)CC1. The minimum atomic E-state index is 0.0375. The van der Waals surface area contributed by atoms with Crippen LogP contribution in [0.2, 0.25) is 0 Å². The highest BCUT2D eigenvalue weighted by Gasteiger charge is 2.27. The number of pyridine rings is 1. The molecule has 1 saturated heterocycles. The van der Waals surface area contributed by atoms with E-state index in [1.165, 1.54) is 16.6 Å². The fraction of sp³-hybridized carbons (Fsp3) is 0.435. The van der Waals surface area contributed by atoms with E-state index in [1.54, 1.807) is 6.20 Å². The van der Waals surface area contributed by atoms with Crippen LogP contribution in [0.15, 0.2) is 36.7 Å². The Labute approximate surface area is 171 Å². The summed E-state index contributed by atoms with van der Waals surface area (Å²) >= 11 is 0. The Morgan fingerprint density at radius 3 is 2.66 bits per heavy atom. The lowest BCUT2D eigenvalue weighted by atomic mass is 9.93. The van der Waals surface area contributed by atoms with Crippen molar-refractivity contribution < 1.29 is 4.79 Å². The van der Waals surface area contributed by atoms with E-state index in [0.29, 0.717) is 0 Å². The molecule has 1 aliphatic rings. The first kappa shape index (κ1) is 19.4. The lowest BCUT2D eigenvalue weighted by Gasteiger charge is -2.35. The average molecular weight is 392 g/mol. The van der Waals surface area contributed by atoms with Gasteiger partial charge in [0.05, 0.1) is 23.1 Å². The third kappa shape index (κ3) is 3.84. The van der Waals surface area contributed by atoms with Crippen LogP contribution in [-0.4, -0.2) is 33.8 Å². The van der Waals surface area contributed by atoms with Crippen LogP contribution in [0.3, 0.4) is 0 Å². The van der Waals surface area contributed by atoms with Gasteiger partial charge in [0.1, 0.15) is 0 Å². The standard InChI is InChI=1S/C23H29N5O/c1-4-19-16(3)25-21-9-7-6-8-20(21)22(19)27-12-10-17(11-13-27)23(29)26-18-14-24-28(5-2)15-18/h6-9,14-15,17H,4-5,10-13H2,1-3H3,(H,26,29). The molecule has 0 unspecified atom stereocenters. The van der Waals surface area contributed by atoms with Crippen molar-refractivity contribution in [2.45, 2.75) is 46.6 Å². The number of rotatable bonds is 5. The Morgan fingerprint density at radius 2 is 1.97 bits per heavy atom. The number of carbonyl (C=O) groups is 1. The maximum absolute atomic E-state index is 12.7. The molecule has 1 fully saturated rings. The third-order valence-electron chi connectivity index (χ3n) is 5.93. The van der Waals surface area contributed by atoms with Crippen molar-refractivity contribution in [2.24, 2.45) is 5.92 Å². The lowest BCUT2D eigenvalue weighted by Crippen LogP contribution is -2.38. The molecule has 0 saturated carbocycles. The number of fused-ring (bicyclic) bond motifs is 1. The Balaban J connectivity index is 1.50. The summed E-state index contributed by atoms with van der Waals surface area (Å²) in [6, 6.07) is 8.38. The molecule has 4 rings (SSSR count). The van der Waals surface area contributed by atoms with E-state index < -0.39 is 0 Å². The number of aryl methyl sites for hydroxylation is 2. The number of benzene rings is 1. The number of hydrogen-bond donors (Lipinski definition) is 1. The zero-order chi connectivity index (χ0) is 20.4. The van der Waals surface area contributed by atoms with Crippen LogP contribution in [0.5, 0.6) is 0 Å². The molecule has 0 radical (unpaired) electrons. The van der Waals surface area contributed by atoms with Gasteiger partial charge in [-0.3, -0.25) is 14.5 Å². The Morgan fingerprint density at radius 1 is 1.21 bits per heavy atom. The van der Waals surface area contributed by atoms with Gasteiger partial charge in [0, 0.05) is 42.8 Å². The number of anilines is 2. The van der Waals surface area contributed by atoms with Gasteiger partial charge < -0.3 is 10.2 Å². The lowest BCUT2D eigenvalue weighted by molar-refractivity contribution is -0.120. The van der Waals surface area contributed by atoms with E-state index in [0.717, 1.165) is 55.8 Å². The minimum Gasteiger partial charge on any atom is -0.371 e. The minimum absolute atomic E-state index is 0.0375. The van der Waals surface area contributed by atoms with Gasteiger partial charge in [-0.1, -0.05) is 25.1 Å². The highest BCUT2D eigenvalue weighted by molar-refractivity contribution is 5.95. The predicted octanol–water partition coefficient (Wildman–Crippen LogP) is 4.18. The summed E-state index contributed by atoms with van der Waals surface area (Å²) in [4.78, 5) is 20.0. The van der Waals surface area contributed by atoms with Gasteiger partial charge in [-0.2, -0.15) is 5.10 Å². The van der Waals surface area contributed by atoms with Crippen LogP contribution in [-0.2, 0) is 17.8 Å². The molecule has 0 bridgehead atoms. The molecule has 3 heterocycles. The van der Waals surface area contributed by atoms with Crippen molar-refractivity contribution in [1.29, 1.82) is 0 Å². The van der Waals surface area contributed by atoms with Crippen LogP contribution in [0, 0.1) is 12.8 Å². The molecule has 6 nitrogen and oxygen atoms in total. The summed E-state index contributed by atoms with van der Waals surface area (Å²) in [5.74, 6) is 0.141. The van der Waals surface area contributed by atoms with E-state index >= 15 is 0 Å². The zero-order valence-corrected chi connectivity index (χ0v) is 17.5. The number of nitrogens with zero attached hydrogens (tertiary/aromatic N) is 4. The third-order valence-corrected chi connectivity index (χ3v) is 5.93. The number of piperidine rings is 1. The maximum Gasteiger partial charge on any atom is 0.227 e. The number of amides is 1. The Hall–Kier alpha value is -2.89. The fourth-order valence-corrected chi connectivity index (χ4v) is 4.35. The molecule has 0 aliphatic carbocycles. The number of carbonyl (C=O) groups excluding carboxylic acids is 1. The van der Waals surface area contributed by atoms with Gasteiger partial charge in [0.25, 0.3) is 0 Å². The van der Waals surface area contributed by atoms with E-state index in [4.69, 9.17) is 4.98 Å².